The maximum Gasteiger partial charge on any atom is 0.229 e. The van der Waals surface area contributed by atoms with E-state index in [1.807, 2.05) is 55.5 Å². The van der Waals surface area contributed by atoms with E-state index in [0.717, 1.165) is 28.9 Å². The van der Waals surface area contributed by atoms with Gasteiger partial charge in [0.25, 0.3) is 0 Å². The maximum absolute atomic E-state index is 11.4. The van der Waals surface area contributed by atoms with Crippen molar-refractivity contribution < 1.29 is 28.1 Å². The van der Waals surface area contributed by atoms with Gasteiger partial charge in [0.1, 0.15) is 23.9 Å². The van der Waals surface area contributed by atoms with Gasteiger partial charge in [-0.25, -0.2) is 8.42 Å². The number of sulfonamides is 1. The molecule has 3 rings (SSSR count). The van der Waals surface area contributed by atoms with Crippen molar-refractivity contribution in [2.75, 3.05) is 37.3 Å². The highest BCUT2D eigenvalue weighted by Crippen LogP contribution is 2.28. The van der Waals surface area contributed by atoms with Gasteiger partial charge in [-0.15, -0.1) is 0 Å². The van der Waals surface area contributed by atoms with E-state index in [2.05, 4.69) is 10.0 Å². The molecular formula is C25H30N2O6S. The van der Waals surface area contributed by atoms with Gasteiger partial charge in [-0.3, -0.25) is 4.72 Å². The number of phenolic OH excluding ortho intramolecular Hbond substituents is 1. The summed E-state index contributed by atoms with van der Waals surface area (Å²) >= 11 is 0. The van der Waals surface area contributed by atoms with E-state index in [1.54, 1.807) is 0 Å². The highest BCUT2D eigenvalue weighted by molar-refractivity contribution is 7.92. The smallest absolute Gasteiger partial charge is 0.229 e. The molecule has 34 heavy (non-hydrogen) atoms. The Balaban J connectivity index is 1.44. The van der Waals surface area contributed by atoms with Crippen LogP contribution >= 0.6 is 0 Å². The van der Waals surface area contributed by atoms with Crippen LogP contribution in [0, 0.1) is 0 Å². The number of hydrogen-bond donors (Lipinski definition) is 4. The lowest BCUT2D eigenvalue weighted by Gasteiger charge is -2.15. The summed E-state index contributed by atoms with van der Waals surface area (Å²) in [6.07, 6.45) is 0.110. The van der Waals surface area contributed by atoms with Crippen LogP contribution < -0.4 is 19.5 Å². The third-order valence-corrected chi connectivity index (χ3v) is 5.53. The van der Waals surface area contributed by atoms with Crippen LogP contribution in [0.25, 0.3) is 11.1 Å². The van der Waals surface area contributed by atoms with E-state index in [9.17, 15) is 18.6 Å². The van der Waals surface area contributed by atoms with Crippen molar-refractivity contribution in [3.63, 3.8) is 0 Å². The molecule has 8 nitrogen and oxygen atoms in total. The predicted octanol–water partition coefficient (Wildman–Crippen LogP) is 3.53. The zero-order chi connectivity index (χ0) is 24.6. The minimum atomic E-state index is -3.54. The first-order chi connectivity index (χ1) is 16.2. The summed E-state index contributed by atoms with van der Waals surface area (Å²) in [6.45, 7) is 3.75. The van der Waals surface area contributed by atoms with Crippen LogP contribution in [0.2, 0.25) is 0 Å². The van der Waals surface area contributed by atoms with Crippen LogP contribution in [0.1, 0.15) is 18.6 Å². The Morgan fingerprint density at radius 1 is 0.912 bits per heavy atom. The molecule has 1 atom stereocenters. The zero-order valence-electron chi connectivity index (χ0n) is 19.2. The van der Waals surface area contributed by atoms with Crippen molar-refractivity contribution in [2.24, 2.45) is 0 Å². The first-order valence-electron chi connectivity index (χ1n) is 10.9. The van der Waals surface area contributed by atoms with Gasteiger partial charge < -0.3 is 25.0 Å². The van der Waals surface area contributed by atoms with E-state index < -0.39 is 16.1 Å². The van der Waals surface area contributed by atoms with E-state index in [1.165, 1.54) is 18.2 Å². The maximum atomic E-state index is 11.4. The standard InChI is InChI=1S/C25H30N2O6S/c1-3-32-21-9-4-18(5-10-21)19-6-11-22(12-7-19)33-15-14-26-17-25(29)20-8-13-24(28)23(16-20)27-34(2,30)31/h4-13,16,25-29H,3,14-15,17H2,1-2H3. The normalized spacial score (nSPS) is 12.2. The molecule has 0 saturated carbocycles. The first kappa shape index (κ1) is 25.4. The summed E-state index contributed by atoms with van der Waals surface area (Å²) < 4.78 is 36.3. The second-order valence-electron chi connectivity index (χ2n) is 7.70. The molecule has 182 valence electrons. The number of hydrogen-bond acceptors (Lipinski definition) is 7. The summed E-state index contributed by atoms with van der Waals surface area (Å²) in [4.78, 5) is 0. The third kappa shape index (κ3) is 7.65. The van der Waals surface area contributed by atoms with Crippen LogP contribution in [-0.4, -0.2) is 51.2 Å². The molecule has 0 fully saturated rings. The molecular weight excluding hydrogens is 456 g/mol. The lowest BCUT2D eigenvalue weighted by atomic mass is 10.1. The molecule has 0 aromatic heterocycles. The van der Waals surface area contributed by atoms with Crippen molar-refractivity contribution in [2.45, 2.75) is 13.0 Å². The fourth-order valence-electron chi connectivity index (χ4n) is 3.29. The molecule has 0 radical (unpaired) electrons. The molecule has 9 heteroatoms. The monoisotopic (exact) mass is 486 g/mol. The summed E-state index contributed by atoms with van der Waals surface area (Å²) in [7, 11) is -3.54. The van der Waals surface area contributed by atoms with E-state index >= 15 is 0 Å². The van der Waals surface area contributed by atoms with Crippen molar-refractivity contribution in [1.29, 1.82) is 0 Å². The molecule has 0 saturated heterocycles. The van der Waals surface area contributed by atoms with Gasteiger partial charge >= 0.3 is 0 Å². The molecule has 3 aromatic carbocycles. The van der Waals surface area contributed by atoms with Gasteiger partial charge in [-0.1, -0.05) is 30.3 Å². The van der Waals surface area contributed by atoms with Crippen LogP contribution in [0.4, 0.5) is 5.69 Å². The number of aliphatic hydroxyl groups excluding tert-OH is 1. The Morgan fingerprint density at radius 3 is 2.06 bits per heavy atom. The Labute approximate surface area is 200 Å². The van der Waals surface area contributed by atoms with Crippen molar-refractivity contribution >= 4 is 15.7 Å². The second-order valence-corrected chi connectivity index (χ2v) is 9.45. The lowest BCUT2D eigenvalue weighted by Crippen LogP contribution is -2.26. The fraction of sp³-hybridized carbons (Fsp3) is 0.280. The lowest BCUT2D eigenvalue weighted by molar-refractivity contribution is 0.172. The molecule has 0 amide bonds. The van der Waals surface area contributed by atoms with Crippen molar-refractivity contribution in [1.82, 2.24) is 5.32 Å². The van der Waals surface area contributed by atoms with Gasteiger partial charge in [-0.05, 0) is 60.0 Å². The van der Waals surface area contributed by atoms with Crippen LogP contribution in [0.15, 0.2) is 66.7 Å². The fourth-order valence-corrected chi connectivity index (χ4v) is 3.86. The largest absolute Gasteiger partial charge is 0.506 e. The highest BCUT2D eigenvalue weighted by atomic mass is 32.2. The molecule has 0 spiro atoms. The number of ether oxygens (including phenoxy) is 2. The number of anilines is 1. The summed E-state index contributed by atoms with van der Waals surface area (Å²) in [5.41, 5.74) is 2.67. The molecule has 0 aliphatic rings. The summed E-state index contributed by atoms with van der Waals surface area (Å²) in [6, 6.07) is 20.0. The molecule has 0 heterocycles. The summed E-state index contributed by atoms with van der Waals surface area (Å²) in [5, 5.41) is 23.3. The minimum absolute atomic E-state index is 0.0241. The predicted molar refractivity (Wildman–Crippen MR) is 133 cm³/mol. The van der Waals surface area contributed by atoms with E-state index in [-0.39, 0.29) is 18.0 Å². The average molecular weight is 487 g/mol. The van der Waals surface area contributed by atoms with Gasteiger partial charge in [0.2, 0.25) is 10.0 Å². The van der Waals surface area contributed by atoms with Crippen LogP contribution in [-0.2, 0) is 10.0 Å². The quantitative estimate of drug-likeness (QED) is 0.229. The van der Waals surface area contributed by atoms with E-state index in [0.29, 0.717) is 25.3 Å². The Bertz CT molecular complexity index is 1170. The second kappa shape index (κ2) is 11.7. The Kier molecular flexibility index (Phi) is 8.75. The highest BCUT2D eigenvalue weighted by Gasteiger charge is 2.13. The first-order valence-corrected chi connectivity index (χ1v) is 12.8. The van der Waals surface area contributed by atoms with Crippen molar-refractivity contribution in [3.8, 4) is 28.4 Å². The number of nitrogens with one attached hydrogen (secondary N) is 2. The van der Waals surface area contributed by atoms with Crippen molar-refractivity contribution in [3.05, 3.63) is 72.3 Å². The Hall–Kier alpha value is -3.27. The van der Waals surface area contributed by atoms with Gasteiger partial charge in [0.15, 0.2) is 0 Å². The average Bonchev–Trinajstić information content (AvgIpc) is 2.80. The SMILES string of the molecule is CCOc1ccc(-c2ccc(OCCNCC(O)c3ccc(O)c(NS(C)(=O)=O)c3)cc2)cc1. The topological polar surface area (TPSA) is 117 Å². The number of phenols is 1. The number of rotatable bonds is 12. The third-order valence-electron chi connectivity index (χ3n) is 4.94. The number of benzene rings is 3. The molecule has 4 N–H and O–H groups in total. The Morgan fingerprint density at radius 2 is 1.50 bits per heavy atom. The molecule has 0 aliphatic heterocycles. The summed E-state index contributed by atoms with van der Waals surface area (Å²) in [5.74, 6) is 1.38. The van der Waals surface area contributed by atoms with Gasteiger partial charge in [0, 0.05) is 13.1 Å². The van der Waals surface area contributed by atoms with Gasteiger partial charge in [0.05, 0.1) is 24.7 Å². The molecule has 1 unspecified atom stereocenters. The van der Waals surface area contributed by atoms with Gasteiger partial charge in [-0.2, -0.15) is 0 Å². The molecule has 3 aromatic rings. The van der Waals surface area contributed by atoms with Crippen LogP contribution in [0.5, 0.6) is 17.2 Å². The zero-order valence-corrected chi connectivity index (χ0v) is 20.0. The molecule has 0 aliphatic carbocycles. The number of aliphatic hydroxyl groups is 1. The molecule has 0 bridgehead atoms. The number of aromatic hydroxyl groups is 1. The minimum Gasteiger partial charge on any atom is -0.506 e. The van der Waals surface area contributed by atoms with Crippen LogP contribution in [0.3, 0.4) is 0 Å². The van der Waals surface area contributed by atoms with E-state index in [4.69, 9.17) is 9.47 Å².